The number of hydrogen-bond acceptors (Lipinski definition) is 3. The van der Waals surface area contributed by atoms with Crippen molar-refractivity contribution in [3.63, 3.8) is 0 Å². The molecule has 0 spiro atoms. The minimum atomic E-state index is -3.62. The van der Waals surface area contributed by atoms with Gasteiger partial charge in [0.2, 0.25) is 10.0 Å². The van der Waals surface area contributed by atoms with E-state index < -0.39 is 16.0 Å². The summed E-state index contributed by atoms with van der Waals surface area (Å²) in [6, 6.07) is 1.25. The lowest BCUT2D eigenvalue weighted by Crippen LogP contribution is -2.29. The first kappa shape index (κ1) is 16.0. The summed E-state index contributed by atoms with van der Waals surface area (Å²) >= 11 is 0. The quantitative estimate of drug-likeness (QED) is 0.833. The summed E-state index contributed by atoms with van der Waals surface area (Å²) in [7, 11) is -2.07. The summed E-state index contributed by atoms with van der Waals surface area (Å²) in [6.07, 6.45) is 3.22. The fraction of sp³-hybridized carbons (Fsp3) is 0.643. The van der Waals surface area contributed by atoms with Gasteiger partial charge in [-0.3, -0.25) is 0 Å². The first-order valence-electron chi connectivity index (χ1n) is 7.17. The largest absolute Gasteiger partial charge is 0.477 e. The Hall–Kier alpha value is -1.34. The smallest absolute Gasteiger partial charge is 0.352 e. The van der Waals surface area contributed by atoms with Crippen molar-refractivity contribution in [1.29, 1.82) is 0 Å². The Labute approximate surface area is 125 Å². The fourth-order valence-corrected chi connectivity index (χ4v) is 3.76. The van der Waals surface area contributed by atoms with Gasteiger partial charge in [-0.05, 0) is 30.7 Å². The maximum Gasteiger partial charge on any atom is 0.352 e. The highest BCUT2D eigenvalue weighted by Crippen LogP contribution is 2.38. The number of aromatic nitrogens is 1. The van der Waals surface area contributed by atoms with E-state index >= 15 is 0 Å². The Bertz CT molecular complexity index is 635. The number of carboxylic acids is 1. The molecule has 118 valence electrons. The summed E-state index contributed by atoms with van der Waals surface area (Å²) in [5.74, 6) is -0.119. The minimum Gasteiger partial charge on any atom is -0.477 e. The van der Waals surface area contributed by atoms with Gasteiger partial charge in [0.05, 0.1) is 0 Å². The average Bonchev–Trinajstić information content (AvgIpc) is 2.90. The van der Waals surface area contributed by atoms with E-state index in [4.69, 9.17) is 0 Å². The molecule has 1 aromatic rings. The van der Waals surface area contributed by atoms with Gasteiger partial charge in [0.15, 0.2) is 0 Å². The highest BCUT2D eigenvalue weighted by molar-refractivity contribution is 7.89. The van der Waals surface area contributed by atoms with E-state index in [0.717, 1.165) is 12.8 Å². The maximum atomic E-state index is 12.5. The zero-order chi connectivity index (χ0) is 15.8. The summed E-state index contributed by atoms with van der Waals surface area (Å²) in [6.45, 7) is 5.00. The predicted molar refractivity (Wildman–Crippen MR) is 78.8 cm³/mol. The van der Waals surface area contributed by atoms with Crippen LogP contribution < -0.4 is 0 Å². The molecule has 2 unspecified atom stereocenters. The van der Waals surface area contributed by atoms with Crippen LogP contribution in [0.3, 0.4) is 0 Å². The molecule has 1 saturated carbocycles. The van der Waals surface area contributed by atoms with Gasteiger partial charge in [0, 0.05) is 26.3 Å². The van der Waals surface area contributed by atoms with Gasteiger partial charge in [-0.1, -0.05) is 13.8 Å². The molecule has 2 atom stereocenters. The molecule has 7 heteroatoms. The molecule has 2 rings (SSSR count). The molecule has 0 saturated heterocycles. The Morgan fingerprint density at radius 1 is 1.52 bits per heavy atom. The Morgan fingerprint density at radius 2 is 2.14 bits per heavy atom. The molecular formula is C14H22N2O4S. The van der Waals surface area contributed by atoms with E-state index in [2.05, 4.69) is 6.92 Å². The first-order chi connectivity index (χ1) is 9.77. The van der Waals surface area contributed by atoms with Crippen LogP contribution in [0.25, 0.3) is 0 Å². The normalized spacial score (nSPS) is 21.7. The molecule has 1 N–H and O–H groups in total. The Balaban J connectivity index is 2.26. The van der Waals surface area contributed by atoms with Crippen molar-refractivity contribution in [3.05, 3.63) is 18.0 Å². The highest BCUT2D eigenvalue weighted by Gasteiger charge is 2.36. The van der Waals surface area contributed by atoms with E-state index in [1.165, 1.54) is 21.1 Å². The number of carbonyl (C=O) groups is 1. The summed E-state index contributed by atoms with van der Waals surface area (Å²) in [4.78, 5) is 11.3. The predicted octanol–water partition coefficient (Wildman–Crippen LogP) is 1.87. The summed E-state index contributed by atoms with van der Waals surface area (Å²) in [5.41, 5.74) is 0.0172. The number of carboxylic acid groups (broad SMARTS) is 1. The number of sulfonamides is 1. The van der Waals surface area contributed by atoms with Crippen LogP contribution in [0.5, 0.6) is 0 Å². The Morgan fingerprint density at radius 3 is 2.62 bits per heavy atom. The van der Waals surface area contributed by atoms with Gasteiger partial charge in [0.1, 0.15) is 10.6 Å². The van der Waals surface area contributed by atoms with E-state index in [0.29, 0.717) is 24.9 Å². The van der Waals surface area contributed by atoms with Crippen LogP contribution in [0, 0.1) is 11.8 Å². The second kappa shape index (κ2) is 5.81. The lowest BCUT2D eigenvalue weighted by atomic mass is 10.3. The van der Waals surface area contributed by atoms with Crippen LogP contribution in [0.15, 0.2) is 17.2 Å². The van der Waals surface area contributed by atoms with Gasteiger partial charge in [-0.2, -0.15) is 0 Å². The molecular weight excluding hydrogens is 292 g/mol. The zero-order valence-corrected chi connectivity index (χ0v) is 13.4. The van der Waals surface area contributed by atoms with Crippen molar-refractivity contribution >= 4 is 16.0 Å². The molecule has 0 bridgehead atoms. The van der Waals surface area contributed by atoms with Crippen LogP contribution in [-0.4, -0.2) is 42.0 Å². The molecule has 0 aromatic carbocycles. The molecule has 0 amide bonds. The van der Waals surface area contributed by atoms with Gasteiger partial charge >= 0.3 is 5.97 Å². The molecule has 1 aromatic heterocycles. The van der Waals surface area contributed by atoms with Crippen LogP contribution in [0.1, 0.15) is 37.2 Å². The lowest BCUT2D eigenvalue weighted by molar-refractivity contribution is 0.0685. The molecule has 1 fully saturated rings. The number of nitrogens with zero attached hydrogens (tertiary/aromatic N) is 2. The molecule has 1 aliphatic rings. The van der Waals surface area contributed by atoms with Crippen LogP contribution >= 0.6 is 0 Å². The molecule has 21 heavy (non-hydrogen) atoms. The molecule has 0 aliphatic heterocycles. The van der Waals surface area contributed by atoms with E-state index in [-0.39, 0.29) is 10.6 Å². The third kappa shape index (κ3) is 3.29. The monoisotopic (exact) mass is 314 g/mol. The van der Waals surface area contributed by atoms with Crippen molar-refractivity contribution in [2.45, 2.75) is 38.1 Å². The first-order valence-corrected chi connectivity index (χ1v) is 8.61. The fourth-order valence-electron chi connectivity index (χ4n) is 2.49. The molecule has 1 heterocycles. The van der Waals surface area contributed by atoms with Crippen molar-refractivity contribution < 1.29 is 18.3 Å². The maximum absolute atomic E-state index is 12.5. The topological polar surface area (TPSA) is 79.6 Å². The van der Waals surface area contributed by atoms with Crippen LogP contribution in [0.2, 0.25) is 0 Å². The average molecular weight is 314 g/mol. The number of aromatic carboxylic acids is 1. The van der Waals surface area contributed by atoms with Crippen molar-refractivity contribution in [1.82, 2.24) is 8.87 Å². The van der Waals surface area contributed by atoms with Crippen molar-refractivity contribution in [3.8, 4) is 0 Å². The molecule has 6 nitrogen and oxygen atoms in total. The minimum absolute atomic E-state index is 0.0172. The second-order valence-corrected chi connectivity index (χ2v) is 7.86. The second-order valence-electron chi connectivity index (χ2n) is 5.82. The van der Waals surface area contributed by atoms with Crippen LogP contribution in [-0.2, 0) is 16.6 Å². The van der Waals surface area contributed by atoms with Gasteiger partial charge in [-0.15, -0.1) is 0 Å². The summed E-state index contributed by atoms with van der Waals surface area (Å²) in [5, 5.41) is 9.17. The van der Waals surface area contributed by atoms with E-state index in [1.54, 1.807) is 7.05 Å². The van der Waals surface area contributed by atoms with Crippen LogP contribution in [0.4, 0.5) is 0 Å². The number of hydrogen-bond donors (Lipinski definition) is 1. The SMILES string of the molecule is CCCn1cc(S(=O)(=O)N(C)CC2CC2C)cc1C(=O)O. The standard InChI is InChI=1S/C14H22N2O4S/c1-4-5-16-9-12(7-13(16)14(17)18)21(19,20)15(3)8-11-6-10(11)2/h7,9-11H,4-6,8H2,1-3H3,(H,17,18). The number of rotatable bonds is 7. The van der Waals surface area contributed by atoms with E-state index in [9.17, 15) is 18.3 Å². The van der Waals surface area contributed by atoms with Crippen molar-refractivity contribution in [2.75, 3.05) is 13.6 Å². The van der Waals surface area contributed by atoms with Gasteiger partial charge in [-0.25, -0.2) is 17.5 Å². The van der Waals surface area contributed by atoms with Gasteiger partial charge < -0.3 is 9.67 Å². The van der Waals surface area contributed by atoms with E-state index in [1.807, 2.05) is 6.92 Å². The molecule has 0 radical (unpaired) electrons. The zero-order valence-electron chi connectivity index (χ0n) is 12.6. The molecule has 1 aliphatic carbocycles. The summed E-state index contributed by atoms with van der Waals surface area (Å²) < 4.78 is 27.8. The number of aryl methyl sites for hydroxylation is 1. The highest BCUT2D eigenvalue weighted by atomic mass is 32.2. The Kier molecular flexibility index (Phi) is 4.43. The third-order valence-electron chi connectivity index (χ3n) is 4.03. The van der Waals surface area contributed by atoms with Gasteiger partial charge in [0.25, 0.3) is 0 Å². The third-order valence-corrected chi connectivity index (χ3v) is 5.82. The lowest BCUT2D eigenvalue weighted by Gasteiger charge is -2.15. The van der Waals surface area contributed by atoms with Crippen molar-refractivity contribution in [2.24, 2.45) is 11.8 Å².